The molecule has 0 saturated heterocycles. The van der Waals surface area contributed by atoms with Gasteiger partial charge in [0.25, 0.3) is 0 Å². The maximum Gasteiger partial charge on any atom is 0.245 e. The van der Waals surface area contributed by atoms with Gasteiger partial charge in [0.1, 0.15) is 0 Å². The Bertz CT molecular complexity index is 1070. The van der Waals surface area contributed by atoms with Gasteiger partial charge < -0.3 is 15.4 Å². The van der Waals surface area contributed by atoms with Crippen LogP contribution in [-0.2, 0) is 16.0 Å². The van der Waals surface area contributed by atoms with Crippen LogP contribution in [0.15, 0.2) is 60.8 Å². The number of aromatic nitrogens is 1. The highest BCUT2D eigenvalue weighted by molar-refractivity contribution is 5.96. The van der Waals surface area contributed by atoms with Crippen molar-refractivity contribution in [1.82, 2.24) is 10.3 Å². The summed E-state index contributed by atoms with van der Waals surface area (Å²) in [5.41, 5.74) is 0.934. The first-order valence-electron chi connectivity index (χ1n) is 11.3. The van der Waals surface area contributed by atoms with Crippen LogP contribution in [0.4, 0.5) is 5.82 Å². The van der Waals surface area contributed by atoms with E-state index in [4.69, 9.17) is 4.74 Å². The Morgan fingerprint density at radius 3 is 2.62 bits per heavy atom. The number of hydrogen-bond acceptors (Lipinski definition) is 4. The van der Waals surface area contributed by atoms with Gasteiger partial charge in [-0.1, -0.05) is 61.7 Å². The Balaban J connectivity index is 1.28. The van der Waals surface area contributed by atoms with Crippen LogP contribution in [0.2, 0.25) is 0 Å². The monoisotopic (exact) mass is 431 g/mol. The summed E-state index contributed by atoms with van der Waals surface area (Å²) in [5.74, 6) is 0.967. The number of rotatable bonds is 8. The van der Waals surface area contributed by atoms with E-state index in [1.807, 2.05) is 48.5 Å². The predicted octanol–water partition coefficient (Wildman–Crippen LogP) is 4.49. The molecule has 2 N–H and O–H groups in total. The molecule has 0 unspecified atom stereocenters. The summed E-state index contributed by atoms with van der Waals surface area (Å²) in [5, 5.41) is 7.59. The smallest absolute Gasteiger partial charge is 0.245 e. The van der Waals surface area contributed by atoms with Gasteiger partial charge in [0.05, 0.1) is 19.6 Å². The fraction of sp³-hybridized carbons (Fsp3) is 0.346. The maximum absolute atomic E-state index is 12.4. The molecule has 1 fully saturated rings. The first kappa shape index (κ1) is 21.8. The number of fused-ring (bicyclic) bond motifs is 1. The molecule has 2 amide bonds. The number of benzene rings is 2. The summed E-state index contributed by atoms with van der Waals surface area (Å²) in [6, 6.07) is 17.4. The molecule has 1 saturated carbocycles. The average molecular weight is 432 g/mol. The summed E-state index contributed by atoms with van der Waals surface area (Å²) in [6.45, 7) is 0.512. The minimum atomic E-state index is -0.336. The Labute approximate surface area is 188 Å². The van der Waals surface area contributed by atoms with Crippen molar-refractivity contribution in [3.8, 4) is 5.75 Å². The number of carbonyl (C=O) groups excluding carboxylic acids is 2. The lowest BCUT2D eigenvalue weighted by Gasteiger charge is -2.22. The molecule has 1 aliphatic rings. The van der Waals surface area contributed by atoms with Crippen LogP contribution in [0.25, 0.3) is 10.8 Å². The molecule has 0 bridgehead atoms. The number of ether oxygens (including phenoxy) is 1. The first-order chi connectivity index (χ1) is 15.7. The van der Waals surface area contributed by atoms with Gasteiger partial charge in [0.15, 0.2) is 11.6 Å². The van der Waals surface area contributed by atoms with Crippen LogP contribution < -0.4 is 15.4 Å². The van der Waals surface area contributed by atoms with Crippen molar-refractivity contribution in [3.05, 3.63) is 66.4 Å². The molecule has 0 aliphatic heterocycles. The highest BCUT2D eigenvalue weighted by Crippen LogP contribution is 2.27. The van der Waals surface area contributed by atoms with Crippen molar-refractivity contribution < 1.29 is 14.3 Å². The number of nitrogens with one attached hydrogen (secondary N) is 2. The molecule has 3 aromatic rings. The van der Waals surface area contributed by atoms with Crippen LogP contribution in [0.1, 0.15) is 37.7 Å². The zero-order chi connectivity index (χ0) is 22.2. The molecule has 6 nitrogen and oxygen atoms in total. The molecule has 6 heteroatoms. The second kappa shape index (κ2) is 10.8. The molecule has 0 atom stereocenters. The van der Waals surface area contributed by atoms with Crippen LogP contribution in [0.3, 0.4) is 0 Å². The van der Waals surface area contributed by atoms with E-state index in [0.717, 1.165) is 16.3 Å². The van der Waals surface area contributed by atoms with Crippen LogP contribution >= 0.6 is 0 Å². The second-order valence-corrected chi connectivity index (χ2v) is 8.31. The van der Waals surface area contributed by atoms with E-state index < -0.39 is 0 Å². The van der Waals surface area contributed by atoms with Gasteiger partial charge in [-0.2, -0.15) is 0 Å². The van der Waals surface area contributed by atoms with E-state index in [1.54, 1.807) is 12.3 Å². The van der Waals surface area contributed by atoms with E-state index >= 15 is 0 Å². The summed E-state index contributed by atoms with van der Waals surface area (Å²) < 4.78 is 5.96. The molecule has 166 valence electrons. The summed E-state index contributed by atoms with van der Waals surface area (Å²) in [4.78, 5) is 29.1. The molecular formula is C26H29N3O3. The minimum Gasteiger partial charge on any atom is -0.489 e. The zero-order valence-corrected chi connectivity index (χ0v) is 18.2. The molecule has 4 rings (SSSR count). The Morgan fingerprint density at radius 1 is 0.938 bits per heavy atom. The fourth-order valence-corrected chi connectivity index (χ4v) is 4.20. The van der Waals surface area contributed by atoms with E-state index in [1.165, 1.54) is 32.1 Å². The Hall–Kier alpha value is -3.41. The topological polar surface area (TPSA) is 80.3 Å². The molecular weight excluding hydrogens is 402 g/mol. The third kappa shape index (κ3) is 5.84. The van der Waals surface area contributed by atoms with Crippen molar-refractivity contribution in [1.29, 1.82) is 0 Å². The van der Waals surface area contributed by atoms with Gasteiger partial charge in [-0.05, 0) is 47.2 Å². The van der Waals surface area contributed by atoms with Crippen molar-refractivity contribution in [2.75, 3.05) is 18.5 Å². The number of carbonyl (C=O) groups is 2. The molecule has 0 spiro atoms. The molecule has 2 aromatic carbocycles. The molecule has 1 aromatic heterocycles. The van der Waals surface area contributed by atoms with Gasteiger partial charge in [-0.3, -0.25) is 9.59 Å². The normalized spacial score (nSPS) is 14.1. The molecule has 32 heavy (non-hydrogen) atoms. The summed E-state index contributed by atoms with van der Waals surface area (Å²) in [7, 11) is 0. The Morgan fingerprint density at radius 2 is 1.75 bits per heavy atom. The number of amides is 2. The van der Waals surface area contributed by atoms with Crippen LogP contribution in [-0.4, -0.2) is 29.9 Å². The van der Waals surface area contributed by atoms with Gasteiger partial charge >= 0.3 is 0 Å². The van der Waals surface area contributed by atoms with Crippen molar-refractivity contribution in [2.45, 2.75) is 38.5 Å². The SMILES string of the molecule is O=C(Cc1cccc2ccccc12)NCC(=O)Nc1ncccc1OCC1CCCCC1. The first-order valence-corrected chi connectivity index (χ1v) is 11.3. The average Bonchev–Trinajstić information content (AvgIpc) is 2.83. The fourth-order valence-electron chi connectivity index (χ4n) is 4.20. The molecule has 0 radical (unpaired) electrons. The van der Waals surface area contributed by atoms with Gasteiger partial charge in [-0.15, -0.1) is 0 Å². The van der Waals surface area contributed by atoms with Gasteiger partial charge in [0.2, 0.25) is 11.8 Å². The lowest BCUT2D eigenvalue weighted by atomic mass is 9.90. The third-order valence-corrected chi connectivity index (χ3v) is 5.90. The number of nitrogens with zero attached hydrogens (tertiary/aromatic N) is 1. The van der Waals surface area contributed by atoms with E-state index in [0.29, 0.717) is 24.1 Å². The Kier molecular flexibility index (Phi) is 7.33. The largest absolute Gasteiger partial charge is 0.489 e. The highest BCUT2D eigenvalue weighted by Gasteiger charge is 2.16. The van der Waals surface area contributed by atoms with Crippen molar-refractivity contribution in [2.24, 2.45) is 5.92 Å². The van der Waals surface area contributed by atoms with E-state index in [-0.39, 0.29) is 24.8 Å². The van der Waals surface area contributed by atoms with E-state index in [2.05, 4.69) is 15.6 Å². The zero-order valence-electron chi connectivity index (χ0n) is 18.2. The summed E-state index contributed by atoms with van der Waals surface area (Å²) >= 11 is 0. The van der Waals surface area contributed by atoms with Crippen LogP contribution in [0, 0.1) is 5.92 Å². The molecule has 1 aliphatic carbocycles. The van der Waals surface area contributed by atoms with Gasteiger partial charge in [-0.25, -0.2) is 4.98 Å². The number of hydrogen-bond donors (Lipinski definition) is 2. The van der Waals surface area contributed by atoms with Gasteiger partial charge in [0, 0.05) is 6.20 Å². The maximum atomic E-state index is 12.4. The highest BCUT2D eigenvalue weighted by atomic mass is 16.5. The number of pyridine rings is 1. The third-order valence-electron chi connectivity index (χ3n) is 5.90. The van der Waals surface area contributed by atoms with Crippen molar-refractivity contribution in [3.63, 3.8) is 0 Å². The molecule has 1 heterocycles. The standard InChI is InChI=1S/C26H29N3O3/c30-24(16-21-12-6-11-20-10-4-5-13-22(20)21)28-17-25(31)29-26-23(14-7-15-27-26)32-18-19-8-2-1-3-9-19/h4-7,10-15,19H,1-3,8-9,16-18H2,(H,28,30)(H,27,29,31). The quantitative estimate of drug-likeness (QED) is 0.551. The second-order valence-electron chi connectivity index (χ2n) is 8.31. The van der Waals surface area contributed by atoms with Crippen molar-refractivity contribution >= 4 is 28.4 Å². The van der Waals surface area contributed by atoms with Crippen LogP contribution in [0.5, 0.6) is 5.75 Å². The lowest BCUT2D eigenvalue weighted by molar-refractivity contribution is -0.123. The number of anilines is 1. The van der Waals surface area contributed by atoms with E-state index in [9.17, 15) is 9.59 Å². The summed E-state index contributed by atoms with van der Waals surface area (Å²) in [6.07, 6.45) is 8.01. The minimum absolute atomic E-state index is 0.123. The predicted molar refractivity (Wildman–Crippen MR) is 126 cm³/mol. The lowest BCUT2D eigenvalue weighted by Crippen LogP contribution is -2.34.